The highest BCUT2D eigenvalue weighted by Gasteiger charge is 2.21. The number of benzene rings is 1. The number of rotatable bonds is 5. The fourth-order valence-corrected chi connectivity index (χ4v) is 3.23. The Morgan fingerprint density at radius 2 is 1.81 bits per heavy atom. The van der Waals surface area contributed by atoms with Crippen LogP contribution in [0.4, 0.5) is 5.69 Å². The van der Waals surface area contributed by atoms with Gasteiger partial charge in [0.25, 0.3) is 0 Å². The Labute approximate surface area is 133 Å². The lowest BCUT2D eigenvalue weighted by Crippen LogP contribution is -2.37. The van der Waals surface area contributed by atoms with Crippen LogP contribution in [-0.4, -0.2) is 18.3 Å². The molecule has 0 heterocycles. The second kappa shape index (κ2) is 7.84. The van der Waals surface area contributed by atoms with Crippen LogP contribution in [-0.2, 0) is 4.79 Å². The summed E-state index contributed by atoms with van der Waals surface area (Å²) in [5.41, 5.74) is 2.28. The van der Waals surface area contributed by atoms with Crippen molar-refractivity contribution >= 4 is 23.2 Å². The van der Waals surface area contributed by atoms with E-state index in [1.807, 2.05) is 4.90 Å². The summed E-state index contributed by atoms with van der Waals surface area (Å²) in [5.74, 6) is 1.20. The maximum Gasteiger partial charge on any atom is 0.241 e. The average Bonchev–Trinajstić information content (AvgIpc) is 2.53. The molecule has 21 heavy (non-hydrogen) atoms. The number of amides is 1. The third-order valence-corrected chi connectivity index (χ3v) is 4.68. The van der Waals surface area contributed by atoms with E-state index < -0.39 is 0 Å². The topological polar surface area (TPSA) is 20.3 Å². The van der Waals surface area contributed by atoms with Gasteiger partial charge in [-0.05, 0) is 42.4 Å². The zero-order chi connectivity index (χ0) is 15.2. The Hall–Kier alpha value is -1.02. The van der Waals surface area contributed by atoms with Crippen LogP contribution in [0.2, 0.25) is 0 Å². The molecule has 0 spiro atoms. The quantitative estimate of drug-likeness (QED) is 0.704. The molecule has 0 radical (unpaired) electrons. The summed E-state index contributed by atoms with van der Waals surface area (Å²) in [5, 5.41) is 0. The molecule has 1 saturated carbocycles. The number of halogens is 1. The minimum Gasteiger partial charge on any atom is -0.311 e. The van der Waals surface area contributed by atoms with Gasteiger partial charge in [-0.2, -0.15) is 0 Å². The highest BCUT2D eigenvalue weighted by molar-refractivity contribution is 6.29. The van der Waals surface area contributed by atoms with E-state index in [1.54, 1.807) is 0 Å². The molecule has 1 aromatic rings. The third-order valence-electron chi connectivity index (χ3n) is 4.45. The van der Waals surface area contributed by atoms with Crippen molar-refractivity contribution < 1.29 is 4.79 Å². The van der Waals surface area contributed by atoms with Crippen molar-refractivity contribution in [2.45, 2.75) is 51.9 Å². The zero-order valence-electron chi connectivity index (χ0n) is 13.1. The van der Waals surface area contributed by atoms with E-state index in [0.29, 0.717) is 11.8 Å². The second-order valence-corrected chi connectivity index (χ2v) is 6.66. The van der Waals surface area contributed by atoms with Gasteiger partial charge in [-0.3, -0.25) is 4.79 Å². The van der Waals surface area contributed by atoms with Crippen LogP contribution in [0.15, 0.2) is 24.3 Å². The molecule has 0 bridgehead atoms. The van der Waals surface area contributed by atoms with E-state index in [-0.39, 0.29) is 11.8 Å². The van der Waals surface area contributed by atoms with Crippen LogP contribution in [0, 0.1) is 5.92 Å². The van der Waals surface area contributed by atoms with Gasteiger partial charge in [0.2, 0.25) is 5.91 Å². The maximum atomic E-state index is 12.2. The molecular formula is C18H26ClNO. The van der Waals surface area contributed by atoms with E-state index in [4.69, 9.17) is 11.6 Å². The monoisotopic (exact) mass is 307 g/mol. The van der Waals surface area contributed by atoms with E-state index in [0.717, 1.165) is 12.2 Å². The summed E-state index contributed by atoms with van der Waals surface area (Å²) in [6, 6.07) is 8.36. The third kappa shape index (κ3) is 4.47. The van der Waals surface area contributed by atoms with Crippen molar-refractivity contribution in [2.75, 3.05) is 17.3 Å². The molecule has 1 aromatic carbocycles. The zero-order valence-corrected chi connectivity index (χ0v) is 13.9. The molecule has 116 valence electrons. The molecule has 1 aliphatic carbocycles. The van der Waals surface area contributed by atoms with Gasteiger partial charge in [0.15, 0.2) is 0 Å². The molecule has 1 fully saturated rings. The van der Waals surface area contributed by atoms with E-state index in [1.165, 1.54) is 37.7 Å². The van der Waals surface area contributed by atoms with Gasteiger partial charge < -0.3 is 4.90 Å². The lowest BCUT2D eigenvalue weighted by atomic mass is 9.89. The van der Waals surface area contributed by atoms with Crippen molar-refractivity contribution in [3.63, 3.8) is 0 Å². The number of nitrogens with zero attached hydrogens (tertiary/aromatic N) is 1. The molecule has 0 saturated heterocycles. The molecule has 1 aliphatic rings. The summed E-state index contributed by atoms with van der Waals surface area (Å²) in [7, 11) is 0. The summed E-state index contributed by atoms with van der Waals surface area (Å²) >= 11 is 5.80. The van der Waals surface area contributed by atoms with Crippen LogP contribution in [0.5, 0.6) is 0 Å². The Balaban J connectivity index is 2.12. The highest BCUT2D eigenvalue weighted by atomic mass is 35.5. The molecule has 0 aliphatic heterocycles. The molecule has 0 unspecified atom stereocenters. The second-order valence-electron chi connectivity index (χ2n) is 6.39. The molecule has 0 N–H and O–H groups in total. The Bertz CT molecular complexity index is 449. The average molecular weight is 308 g/mol. The number of hydrogen-bond acceptors (Lipinski definition) is 1. The smallest absolute Gasteiger partial charge is 0.241 e. The van der Waals surface area contributed by atoms with Gasteiger partial charge in [0.1, 0.15) is 5.88 Å². The van der Waals surface area contributed by atoms with E-state index in [9.17, 15) is 4.79 Å². The Morgan fingerprint density at radius 3 is 2.33 bits per heavy atom. The Morgan fingerprint density at radius 1 is 1.19 bits per heavy atom. The van der Waals surface area contributed by atoms with Crippen LogP contribution < -0.4 is 4.90 Å². The SMILES string of the molecule is CC(C)c1ccc(N(CC2CCCCC2)C(=O)CCl)cc1. The molecule has 1 amide bonds. The van der Waals surface area contributed by atoms with Crippen molar-refractivity contribution in [1.29, 1.82) is 0 Å². The molecule has 0 aromatic heterocycles. The van der Waals surface area contributed by atoms with E-state index >= 15 is 0 Å². The first-order chi connectivity index (χ1) is 10.1. The van der Waals surface area contributed by atoms with Gasteiger partial charge in [0.05, 0.1) is 0 Å². The predicted molar refractivity (Wildman–Crippen MR) is 90.2 cm³/mol. The van der Waals surface area contributed by atoms with Crippen molar-refractivity contribution in [2.24, 2.45) is 5.92 Å². The first-order valence-electron chi connectivity index (χ1n) is 8.08. The maximum absolute atomic E-state index is 12.2. The fraction of sp³-hybridized carbons (Fsp3) is 0.611. The van der Waals surface area contributed by atoms with Gasteiger partial charge in [-0.15, -0.1) is 11.6 Å². The summed E-state index contributed by atoms with van der Waals surface area (Å²) in [4.78, 5) is 14.1. The normalized spacial score (nSPS) is 16.2. The van der Waals surface area contributed by atoms with Crippen LogP contribution in [0.3, 0.4) is 0 Å². The lowest BCUT2D eigenvalue weighted by Gasteiger charge is -2.29. The van der Waals surface area contributed by atoms with Crippen LogP contribution in [0.1, 0.15) is 57.4 Å². The number of hydrogen-bond donors (Lipinski definition) is 0. The van der Waals surface area contributed by atoms with Gasteiger partial charge in [-0.25, -0.2) is 0 Å². The van der Waals surface area contributed by atoms with E-state index in [2.05, 4.69) is 38.1 Å². The van der Waals surface area contributed by atoms with Gasteiger partial charge in [-0.1, -0.05) is 45.2 Å². The first-order valence-corrected chi connectivity index (χ1v) is 8.61. The fourth-order valence-electron chi connectivity index (χ4n) is 3.09. The Kier molecular flexibility index (Phi) is 6.10. The predicted octanol–water partition coefficient (Wildman–Crippen LogP) is 4.96. The minimum atomic E-state index is 0.0135. The molecular weight excluding hydrogens is 282 g/mol. The van der Waals surface area contributed by atoms with Crippen LogP contribution >= 0.6 is 11.6 Å². The summed E-state index contributed by atoms with van der Waals surface area (Å²) in [6.07, 6.45) is 6.38. The highest BCUT2D eigenvalue weighted by Crippen LogP contribution is 2.27. The number of anilines is 1. The largest absolute Gasteiger partial charge is 0.311 e. The van der Waals surface area contributed by atoms with Gasteiger partial charge >= 0.3 is 0 Å². The van der Waals surface area contributed by atoms with Crippen LogP contribution in [0.25, 0.3) is 0 Å². The number of carbonyl (C=O) groups excluding carboxylic acids is 1. The molecule has 0 atom stereocenters. The minimum absolute atomic E-state index is 0.0135. The van der Waals surface area contributed by atoms with Crippen molar-refractivity contribution in [1.82, 2.24) is 0 Å². The lowest BCUT2D eigenvalue weighted by molar-refractivity contribution is -0.116. The summed E-state index contributed by atoms with van der Waals surface area (Å²) < 4.78 is 0. The first kappa shape index (κ1) is 16.4. The number of carbonyl (C=O) groups is 1. The van der Waals surface area contributed by atoms with Crippen molar-refractivity contribution in [3.05, 3.63) is 29.8 Å². The molecule has 3 heteroatoms. The molecule has 2 rings (SSSR count). The number of alkyl halides is 1. The van der Waals surface area contributed by atoms with Crippen molar-refractivity contribution in [3.8, 4) is 0 Å². The standard InChI is InChI=1S/C18H26ClNO/c1-14(2)16-8-10-17(11-9-16)20(18(21)12-19)13-15-6-4-3-5-7-15/h8-11,14-15H,3-7,12-13H2,1-2H3. The summed E-state index contributed by atoms with van der Waals surface area (Å²) in [6.45, 7) is 5.17. The molecule has 2 nitrogen and oxygen atoms in total. The van der Waals surface area contributed by atoms with Gasteiger partial charge in [0, 0.05) is 12.2 Å².